The normalized spacial score (nSPS) is 14.0. The van der Waals surface area contributed by atoms with Crippen molar-refractivity contribution in [3.63, 3.8) is 0 Å². The Bertz CT molecular complexity index is 1040. The zero-order valence-electron chi connectivity index (χ0n) is 17.6. The molecule has 0 spiro atoms. The van der Waals surface area contributed by atoms with Crippen molar-refractivity contribution >= 4 is 40.8 Å². The number of piperidine rings is 1. The molecule has 4 N–H and O–H groups in total. The van der Waals surface area contributed by atoms with E-state index in [9.17, 15) is 14.7 Å². The average molecular weight is 431 g/mol. The van der Waals surface area contributed by atoms with E-state index in [0.717, 1.165) is 48.7 Å². The number of amides is 2. The standard InChI is InChI=1S/C25H26N4O3/c30-17-26-19-3-5-20(6-4-19)27-21-7-9-22(10-8-21)28-25(32)18-1-11-23(12-2-18)29-15-13-24(31)14-16-29/h1-12,17,24,27,31H,13-16H2,(H,26,30)(H,28,32). The van der Waals surface area contributed by atoms with E-state index in [0.29, 0.717) is 17.7 Å². The van der Waals surface area contributed by atoms with Crippen molar-refractivity contribution in [2.24, 2.45) is 0 Å². The van der Waals surface area contributed by atoms with E-state index >= 15 is 0 Å². The smallest absolute Gasteiger partial charge is 0.255 e. The maximum absolute atomic E-state index is 12.6. The van der Waals surface area contributed by atoms with E-state index in [1.807, 2.05) is 72.8 Å². The molecule has 0 radical (unpaired) electrons. The van der Waals surface area contributed by atoms with Crippen molar-refractivity contribution in [1.29, 1.82) is 0 Å². The lowest BCUT2D eigenvalue weighted by atomic mass is 10.1. The summed E-state index contributed by atoms with van der Waals surface area (Å²) >= 11 is 0. The van der Waals surface area contributed by atoms with Gasteiger partial charge in [-0.3, -0.25) is 9.59 Å². The van der Waals surface area contributed by atoms with Gasteiger partial charge in [-0.15, -0.1) is 0 Å². The minimum atomic E-state index is -0.204. The summed E-state index contributed by atoms with van der Waals surface area (Å²) in [7, 11) is 0. The summed E-state index contributed by atoms with van der Waals surface area (Å²) in [6.07, 6.45) is 1.99. The number of nitrogens with zero attached hydrogens (tertiary/aromatic N) is 1. The lowest BCUT2D eigenvalue weighted by molar-refractivity contribution is -0.105. The van der Waals surface area contributed by atoms with Gasteiger partial charge in [-0.1, -0.05) is 0 Å². The summed E-state index contributed by atoms with van der Waals surface area (Å²) in [6, 6.07) is 22.4. The maximum Gasteiger partial charge on any atom is 0.255 e. The highest BCUT2D eigenvalue weighted by molar-refractivity contribution is 6.04. The van der Waals surface area contributed by atoms with Gasteiger partial charge in [-0.05, 0) is 85.6 Å². The minimum absolute atomic E-state index is 0.162. The fourth-order valence-corrected chi connectivity index (χ4v) is 3.67. The highest BCUT2D eigenvalue weighted by atomic mass is 16.3. The van der Waals surface area contributed by atoms with Crippen LogP contribution in [0.15, 0.2) is 72.8 Å². The first-order valence-corrected chi connectivity index (χ1v) is 10.6. The second kappa shape index (κ2) is 9.98. The number of hydrogen-bond acceptors (Lipinski definition) is 5. The molecule has 1 aliphatic rings. The second-order valence-electron chi connectivity index (χ2n) is 7.76. The lowest BCUT2D eigenvalue weighted by Gasteiger charge is -2.31. The first kappa shape index (κ1) is 21.4. The van der Waals surface area contributed by atoms with Crippen LogP contribution in [0.3, 0.4) is 0 Å². The van der Waals surface area contributed by atoms with E-state index in [4.69, 9.17) is 0 Å². The Morgan fingerprint density at radius 2 is 1.34 bits per heavy atom. The topological polar surface area (TPSA) is 93.7 Å². The summed E-state index contributed by atoms with van der Waals surface area (Å²) in [5.74, 6) is -0.162. The number of rotatable bonds is 7. The van der Waals surface area contributed by atoms with Crippen LogP contribution in [0, 0.1) is 0 Å². The summed E-state index contributed by atoms with van der Waals surface area (Å²) in [5, 5.41) is 18.4. The largest absolute Gasteiger partial charge is 0.393 e. The Hall–Kier alpha value is -3.84. The van der Waals surface area contributed by atoms with Gasteiger partial charge in [0.15, 0.2) is 0 Å². The Balaban J connectivity index is 1.32. The molecule has 2 amide bonds. The Morgan fingerprint density at radius 3 is 1.91 bits per heavy atom. The van der Waals surface area contributed by atoms with Crippen LogP contribution >= 0.6 is 0 Å². The van der Waals surface area contributed by atoms with Crippen LogP contribution in [-0.4, -0.2) is 36.6 Å². The summed E-state index contributed by atoms with van der Waals surface area (Å²) in [5.41, 5.74) is 4.87. The van der Waals surface area contributed by atoms with Gasteiger partial charge in [0.2, 0.25) is 6.41 Å². The van der Waals surface area contributed by atoms with E-state index in [1.165, 1.54) is 0 Å². The van der Waals surface area contributed by atoms with E-state index < -0.39 is 0 Å². The first-order chi connectivity index (χ1) is 15.6. The van der Waals surface area contributed by atoms with Crippen molar-refractivity contribution < 1.29 is 14.7 Å². The number of carbonyl (C=O) groups excluding carboxylic acids is 2. The van der Waals surface area contributed by atoms with Gasteiger partial charge in [-0.25, -0.2) is 0 Å². The SMILES string of the molecule is O=CNc1ccc(Nc2ccc(NC(=O)c3ccc(N4CCC(O)CC4)cc3)cc2)cc1. The number of nitrogens with one attached hydrogen (secondary N) is 3. The molecule has 3 aromatic carbocycles. The van der Waals surface area contributed by atoms with Crippen LogP contribution in [0.1, 0.15) is 23.2 Å². The predicted octanol–water partition coefficient (Wildman–Crippen LogP) is 4.21. The summed E-state index contributed by atoms with van der Waals surface area (Å²) < 4.78 is 0. The van der Waals surface area contributed by atoms with Crippen molar-refractivity contribution in [3.8, 4) is 0 Å². The van der Waals surface area contributed by atoms with Crippen LogP contribution in [0.5, 0.6) is 0 Å². The highest BCUT2D eigenvalue weighted by Crippen LogP contribution is 2.23. The van der Waals surface area contributed by atoms with E-state index in [-0.39, 0.29) is 12.0 Å². The third kappa shape index (κ3) is 5.44. The van der Waals surface area contributed by atoms with Crippen molar-refractivity contribution in [1.82, 2.24) is 0 Å². The fourth-order valence-electron chi connectivity index (χ4n) is 3.67. The van der Waals surface area contributed by atoms with Gasteiger partial charge >= 0.3 is 0 Å². The number of aliphatic hydroxyl groups excluding tert-OH is 1. The molecule has 3 aromatic rings. The van der Waals surface area contributed by atoms with Crippen LogP contribution in [0.4, 0.5) is 28.4 Å². The molecule has 1 heterocycles. The highest BCUT2D eigenvalue weighted by Gasteiger charge is 2.17. The summed E-state index contributed by atoms with van der Waals surface area (Å²) in [6.45, 7) is 1.65. The quantitative estimate of drug-likeness (QED) is 0.421. The average Bonchev–Trinajstić information content (AvgIpc) is 2.82. The molecule has 0 unspecified atom stereocenters. The van der Waals surface area contributed by atoms with Crippen LogP contribution in [0.2, 0.25) is 0 Å². The monoisotopic (exact) mass is 430 g/mol. The minimum Gasteiger partial charge on any atom is -0.393 e. The molecule has 0 atom stereocenters. The molecule has 7 heteroatoms. The van der Waals surface area contributed by atoms with E-state index in [1.54, 1.807) is 0 Å². The molecule has 0 bridgehead atoms. The van der Waals surface area contributed by atoms with Crippen LogP contribution in [-0.2, 0) is 4.79 Å². The van der Waals surface area contributed by atoms with Gasteiger partial charge in [-0.2, -0.15) is 0 Å². The third-order valence-electron chi connectivity index (χ3n) is 5.50. The zero-order chi connectivity index (χ0) is 22.3. The molecule has 0 saturated carbocycles. The molecular weight excluding hydrogens is 404 g/mol. The maximum atomic E-state index is 12.6. The Morgan fingerprint density at radius 1 is 0.812 bits per heavy atom. The van der Waals surface area contributed by atoms with Crippen molar-refractivity contribution in [3.05, 3.63) is 78.4 Å². The molecule has 4 rings (SSSR count). The number of carbonyl (C=O) groups is 2. The Labute approximate surface area is 187 Å². The number of aliphatic hydroxyl groups is 1. The predicted molar refractivity (Wildman–Crippen MR) is 128 cm³/mol. The van der Waals surface area contributed by atoms with Crippen molar-refractivity contribution in [2.75, 3.05) is 33.9 Å². The molecule has 7 nitrogen and oxygen atoms in total. The third-order valence-corrected chi connectivity index (χ3v) is 5.50. The number of anilines is 5. The molecule has 164 valence electrons. The molecule has 1 saturated heterocycles. The molecule has 1 aliphatic heterocycles. The van der Waals surface area contributed by atoms with Gasteiger partial charge < -0.3 is 26.0 Å². The Kier molecular flexibility index (Phi) is 6.67. The molecule has 1 fully saturated rings. The molecular formula is C25H26N4O3. The lowest BCUT2D eigenvalue weighted by Crippen LogP contribution is -2.35. The van der Waals surface area contributed by atoms with Crippen LogP contribution < -0.4 is 20.9 Å². The number of benzene rings is 3. The number of hydrogen-bond donors (Lipinski definition) is 4. The fraction of sp³-hybridized carbons (Fsp3) is 0.200. The van der Waals surface area contributed by atoms with Crippen LogP contribution in [0.25, 0.3) is 0 Å². The molecule has 32 heavy (non-hydrogen) atoms. The van der Waals surface area contributed by atoms with Gasteiger partial charge in [0.1, 0.15) is 0 Å². The van der Waals surface area contributed by atoms with E-state index in [2.05, 4.69) is 20.9 Å². The molecule has 0 aromatic heterocycles. The van der Waals surface area contributed by atoms with Gasteiger partial charge in [0, 0.05) is 47.1 Å². The zero-order valence-corrected chi connectivity index (χ0v) is 17.6. The summed E-state index contributed by atoms with van der Waals surface area (Å²) in [4.78, 5) is 25.3. The van der Waals surface area contributed by atoms with Gasteiger partial charge in [0.05, 0.1) is 6.10 Å². The van der Waals surface area contributed by atoms with Crippen molar-refractivity contribution in [2.45, 2.75) is 18.9 Å². The second-order valence-corrected chi connectivity index (χ2v) is 7.76. The molecule has 0 aliphatic carbocycles. The first-order valence-electron chi connectivity index (χ1n) is 10.6. The van der Waals surface area contributed by atoms with Gasteiger partial charge in [0.25, 0.3) is 5.91 Å².